The summed E-state index contributed by atoms with van der Waals surface area (Å²) in [7, 11) is -2.27. The fraction of sp³-hybridized carbons (Fsp3) is 0.533. The highest BCUT2D eigenvalue weighted by molar-refractivity contribution is 7.92. The number of anilines is 1. The minimum atomic E-state index is -3.82. The zero-order valence-electron chi connectivity index (χ0n) is 13.6. The zero-order valence-corrected chi connectivity index (χ0v) is 14.4. The number of halogens is 1. The second-order valence-corrected chi connectivity index (χ2v) is 6.93. The van der Waals surface area contributed by atoms with E-state index in [0.29, 0.717) is 19.6 Å². The van der Waals surface area contributed by atoms with E-state index < -0.39 is 27.8 Å². The van der Waals surface area contributed by atoms with Crippen molar-refractivity contribution in [3.8, 4) is 0 Å². The van der Waals surface area contributed by atoms with Gasteiger partial charge in [0.05, 0.1) is 11.9 Å². The molecule has 0 spiro atoms. The maximum absolute atomic E-state index is 14.0. The van der Waals surface area contributed by atoms with Gasteiger partial charge in [-0.2, -0.15) is 0 Å². The lowest BCUT2D eigenvalue weighted by molar-refractivity contribution is -0.122. The third-order valence-electron chi connectivity index (χ3n) is 3.24. The van der Waals surface area contributed by atoms with Crippen molar-refractivity contribution in [1.29, 1.82) is 0 Å². The molecular formula is C15H23FN2O4S. The normalized spacial score (nSPS) is 12.7. The minimum absolute atomic E-state index is 0.131. The van der Waals surface area contributed by atoms with Crippen molar-refractivity contribution in [3.05, 3.63) is 30.1 Å². The summed E-state index contributed by atoms with van der Waals surface area (Å²) in [5.41, 5.74) is -0.131. The molecule has 0 bridgehead atoms. The summed E-state index contributed by atoms with van der Waals surface area (Å²) in [6, 6.07) is 4.49. The topological polar surface area (TPSA) is 75.7 Å². The summed E-state index contributed by atoms with van der Waals surface area (Å²) in [5.74, 6) is -1.15. The molecule has 23 heavy (non-hydrogen) atoms. The van der Waals surface area contributed by atoms with Crippen molar-refractivity contribution >= 4 is 21.6 Å². The van der Waals surface area contributed by atoms with E-state index in [0.717, 1.165) is 16.6 Å². The average molecular weight is 346 g/mol. The van der Waals surface area contributed by atoms with Gasteiger partial charge in [0.1, 0.15) is 11.9 Å². The molecule has 1 atom stereocenters. The predicted molar refractivity (Wildman–Crippen MR) is 87.3 cm³/mol. The van der Waals surface area contributed by atoms with Gasteiger partial charge < -0.3 is 10.1 Å². The average Bonchev–Trinajstić information content (AvgIpc) is 2.49. The third-order valence-corrected chi connectivity index (χ3v) is 4.41. The summed E-state index contributed by atoms with van der Waals surface area (Å²) in [6.07, 6.45) is 1.79. The second kappa shape index (κ2) is 8.83. The molecule has 0 aromatic heterocycles. The molecule has 1 aromatic carbocycles. The first-order valence-corrected chi connectivity index (χ1v) is 9.18. The number of hydrogen-bond donors (Lipinski definition) is 1. The molecule has 0 radical (unpaired) electrons. The van der Waals surface area contributed by atoms with Crippen molar-refractivity contribution in [3.63, 3.8) is 0 Å². The molecule has 0 aliphatic carbocycles. The Morgan fingerprint density at radius 1 is 1.39 bits per heavy atom. The highest BCUT2D eigenvalue weighted by Crippen LogP contribution is 2.25. The molecule has 0 heterocycles. The number of nitrogens with one attached hydrogen (secondary N) is 1. The number of benzene rings is 1. The lowest BCUT2D eigenvalue weighted by Gasteiger charge is -2.30. The van der Waals surface area contributed by atoms with Crippen molar-refractivity contribution in [2.75, 3.05) is 30.8 Å². The maximum Gasteiger partial charge on any atom is 0.243 e. The predicted octanol–water partition coefficient (Wildman–Crippen LogP) is 1.52. The summed E-state index contributed by atoms with van der Waals surface area (Å²) >= 11 is 0. The number of sulfonamides is 1. The molecule has 0 saturated heterocycles. The van der Waals surface area contributed by atoms with Gasteiger partial charge in [-0.05, 0) is 25.0 Å². The van der Waals surface area contributed by atoms with Crippen LogP contribution in [0.3, 0.4) is 0 Å². The van der Waals surface area contributed by atoms with E-state index in [1.165, 1.54) is 18.2 Å². The summed E-state index contributed by atoms with van der Waals surface area (Å²) < 4.78 is 44.0. The Morgan fingerprint density at radius 3 is 2.57 bits per heavy atom. The number of carbonyl (C=O) groups excluding carboxylic acids is 1. The van der Waals surface area contributed by atoms with Crippen LogP contribution in [0.15, 0.2) is 24.3 Å². The van der Waals surface area contributed by atoms with Crippen LogP contribution in [-0.4, -0.2) is 46.9 Å². The van der Waals surface area contributed by atoms with Gasteiger partial charge in [0.25, 0.3) is 0 Å². The van der Waals surface area contributed by atoms with Gasteiger partial charge in [0.2, 0.25) is 15.9 Å². The standard InChI is InChI=1S/C15H23FN2O4S/c1-4-13(15(19)17-10-7-11-22-2)18(23(3,20)21)14-9-6-5-8-12(14)16/h5-6,8-9,13H,4,7,10-11H2,1-3H3,(H,17,19). The van der Waals surface area contributed by atoms with Gasteiger partial charge >= 0.3 is 0 Å². The Kier molecular flexibility index (Phi) is 7.44. The van der Waals surface area contributed by atoms with Crippen LogP contribution in [-0.2, 0) is 19.6 Å². The van der Waals surface area contributed by atoms with Crippen LogP contribution in [0.1, 0.15) is 19.8 Å². The summed E-state index contributed by atoms with van der Waals surface area (Å²) in [6.45, 7) is 2.52. The van der Waals surface area contributed by atoms with Crippen LogP contribution in [0.25, 0.3) is 0 Å². The Labute approximate surface area is 136 Å². The maximum atomic E-state index is 14.0. The molecule has 1 aromatic rings. The van der Waals surface area contributed by atoms with Crippen LogP contribution in [0.4, 0.5) is 10.1 Å². The number of ether oxygens (including phenoxy) is 1. The van der Waals surface area contributed by atoms with Crippen LogP contribution in [0.5, 0.6) is 0 Å². The molecular weight excluding hydrogens is 323 g/mol. The molecule has 1 rings (SSSR count). The number of para-hydroxylation sites is 1. The molecule has 6 nitrogen and oxygen atoms in total. The number of carbonyl (C=O) groups is 1. The van der Waals surface area contributed by atoms with Gasteiger partial charge in [0.15, 0.2) is 0 Å². The molecule has 8 heteroatoms. The summed E-state index contributed by atoms with van der Waals surface area (Å²) in [5, 5.41) is 2.66. The van der Waals surface area contributed by atoms with Crippen LogP contribution in [0.2, 0.25) is 0 Å². The highest BCUT2D eigenvalue weighted by atomic mass is 32.2. The molecule has 0 fully saturated rings. The fourth-order valence-corrected chi connectivity index (χ4v) is 3.42. The molecule has 0 aliphatic rings. The lowest BCUT2D eigenvalue weighted by Crippen LogP contribution is -2.49. The van der Waals surface area contributed by atoms with Crippen molar-refractivity contribution in [1.82, 2.24) is 5.32 Å². The molecule has 1 amide bonds. The first-order chi connectivity index (χ1) is 10.8. The number of hydrogen-bond acceptors (Lipinski definition) is 4. The Bertz CT molecular complexity index is 622. The fourth-order valence-electron chi connectivity index (χ4n) is 2.21. The number of nitrogens with zero attached hydrogens (tertiary/aromatic N) is 1. The van der Waals surface area contributed by atoms with Crippen molar-refractivity contribution < 1.29 is 22.3 Å². The van der Waals surface area contributed by atoms with E-state index in [2.05, 4.69) is 5.32 Å². The Morgan fingerprint density at radius 2 is 2.04 bits per heavy atom. The molecule has 1 unspecified atom stereocenters. The number of methoxy groups -OCH3 is 1. The zero-order chi connectivity index (χ0) is 17.5. The van der Waals surface area contributed by atoms with Crippen LogP contribution in [0, 0.1) is 5.82 Å². The summed E-state index contributed by atoms with van der Waals surface area (Å²) in [4.78, 5) is 12.3. The largest absolute Gasteiger partial charge is 0.385 e. The first kappa shape index (κ1) is 19.4. The van der Waals surface area contributed by atoms with Gasteiger partial charge in [-0.3, -0.25) is 9.10 Å². The Hall–Kier alpha value is -1.67. The monoisotopic (exact) mass is 346 g/mol. The molecule has 0 saturated carbocycles. The van der Waals surface area contributed by atoms with E-state index in [9.17, 15) is 17.6 Å². The number of amides is 1. The second-order valence-electron chi connectivity index (χ2n) is 5.07. The molecule has 1 N–H and O–H groups in total. The SMILES string of the molecule is CCC(C(=O)NCCCOC)N(c1ccccc1F)S(C)(=O)=O. The van der Waals surface area contributed by atoms with Gasteiger partial charge in [0, 0.05) is 20.3 Å². The Balaban J connectivity index is 3.05. The van der Waals surface area contributed by atoms with Gasteiger partial charge in [-0.25, -0.2) is 12.8 Å². The molecule has 0 aliphatic heterocycles. The van der Waals surface area contributed by atoms with E-state index in [-0.39, 0.29) is 12.1 Å². The van der Waals surface area contributed by atoms with E-state index in [4.69, 9.17) is 4.74 Å². The van der Waals surface area contributed by atoms with Gasteiger partial charge in [-0.15, -0.1) is 0 Å². The molecule has 130 valence electrons. The third kappa shape index (κ3) is 5.47. The van der Waals surface area contributed by atoms with E-state index in [1.807, 2.05) is 0 Å². The van der Waals surface area contributed by atoms with Crippen LogP contribution < -0.4 is 9.62 Å². The smallest absolute Gasteiger partial charge is 0.243 e. The minimum Gasteiger partial charge on any atom is -0.385 e. The lowest BCUT2D eigenvalue weighted by atomic mass is 10.2. The first-order valence-electron chi connectivity index (χ1n) is 7.33. The van der Waals surface area contributed by atoms with Crippen molar-refractivity contribution in [2.45, 2.75) is 25.8 Å². The highest BCUT2D eigenvalue weighted by Gasteiger charge is 2.32. The quantitative estimate of drug-likeness (QED) is 0.688. The van der Waals surface area contributed by atoms with Crippen LogP contribution >= 0.6 is 0 Å². The van der Waals surface area contributed by atoms with Gasteiger partial charge in [-0.1, -0.05) is 19.1 Å². The number of rotatable bonds is 9. The van der Waals surface area contributed by atoms with Crippen molar-refractivity contribution in [2.24, 2.45) is 0 Å². The van der Waals surface area contributed by atoms with E-state index in [1.54, 1.807) is 14.0 Å². The van der Waals surface area contributed by atoms with E-state index >= 15 is 0 Å².